The van der Waals surface area contributed by atoms with Gasteiger partial charge in [-0.05, 0) is 41.5 Å². The molecule has 5 heteroatoms. The third-order valence-electron chi connectivity index (χ3n) is 3.96. The maximum Gasteiger partial charge on any atom is 0.176 e. The lowest BCUT2D eigenvalue weighted by Gasteiger charge is -2.28. The van der Waals surface area contributed by atoms with Crippen molar-refractivity contribution in [3.63, 3.8) is 0 Å². The van der Waals surface area contributed by atoms with E-state index in [4.69, 9.17) is 5.73 Å². The lowest BCUT2D eigenvalue weighted by Crippen LogP contribution is -2.36. The van der Waals surface area contributed by atoms with Crippen LogP contribution in [0.15, 0.2) is 24.3 Å². The minimum Gasteiger partial charge on any atom is -0.327 e. The van der Waals surface area contributed by atoms with Crippen molar-refractivity contribution in [1.82, 2.24) is 20.2 Å². The number of aryl methyl sites for hydroxylation is 2. The van der Waals surface area contributed by atoms with Gasteiger partial charge in [0.25, 0.3) is 0 Å². The van der Waals surface area contributed by atoms with Gasteiger partial charge in [0.2, 0.25) is 0 Å². The highest BCUT2D eigenvalue weighted by Gasteiger charge is 2.24. The van der Waals surface area contributed by atoms with Gasteiger partial charge < -0.3 is 5.73 Å². The fraction of sp³-hybridized carbons (Fsp3) is 0.500. The van der Waals surface area contributed by atoms with Crippen molar-refractivity contribution in [2.75, 3.05) is 0 Å². The van der Waals surface area contributed by atoms with Crippen LogP contribution in [-0.4, -0.2) is 26.2 Å². The first kappa shape index (κ1) is 12.3. The van der Waals surface area contributed by atoms with Crippen LogP contribution >= 0.6 is 0 Å². The summed E-state index contributed by atoms with van der Waals surface area (Å²) < 4.78 is 0. The lowest BCUT2D eigenvalue weighted by molar-refractivity contribution is 0.368. The predicted octanol–water partition coefficient (Wildman–Crippen LogP) is 0.885. The fourth-order valence-electron chi connectivity index (χ4n) is 2.87. The summed E-state index contributed by atoms with van der Waals surface area (Å²) in [6.07, 6.45) is 4.05. The zero-order valence-corrected chi connectivity index (χ0v) is 11.2. The number of hydrogen-bond donors (Lipinski definition) is 1. The number of hydrogen-bond acceptors (Lipinski definition) is 4. The van der Waals surface area contributed by atoms with Crippen LogP contribution in [0.1, 0.15) is 23.4 Å². The van der Waals surface area contributed by atoms with Crippen LogP contribution in [0.4, 0.5) is 0 Å². The van der Waals surface area contributed by atoms with Gasteiger partial charge in [-0.25, -0.2) is 0 Å². The summed E-state index contributed by atoms with van der Waals surface area (Å²) in [4.78, 5) is 1.48. The normalized spacial score (nSPS) is 20.0. The molecule has 2 aromatic rings. The summed E-state index contributed by atoms with van der Waals surface area (Å²) in [5.74, 6) is 1.26. The van der Waals surface area contributed by atoms with Gasteiger partial charge in [0.05, 0.1) is 7.05 Å². The lowest BCUT2D eigenvalue weighted by atomic mass is 9.79. The Bertz CT molecular complexity index is 562. The largest absolute Gasteiger partial charge is 0.327 e. The Hall–Kier alpha value is -1.75. The number of nitrogens with zero attached hydrogens (tertiary/aromatic N) is 4. The highest BCUT2D eigenvalue weighted by Crippen LogP contribution is 2.27. The smallest absolute Gasteiger partial charge is 0.176 e. The Labute approximate surface area is 112 Å². The van der Waals surface area contributed by atoms with Gasteiger partial charge >= 0.3 is 0 Å². The summed E-state index contributed by atoms with van der Waals surface area (Å²) in [6.45, 7) is 0. The minimum atomic E-state index is 0.109. The predicted molar refractivity (Wildman–Crippen MR) is 72.4 cm³/mol. The first-order valence-electron chi connectivity index (χ1n) is 6.77. The van der Waals surface area contributed by atoms with Gasteiger partial charge in [0.1, 0.15) is 0 Å². The highest BCUT2D eigenvalue weighted by molar-refractivity contribution is 5.30. The number of fused-ring (bicyclic) bond motifs is 1. The second kappa shape index (κ2) is 5.09. The second-order valence-corrected chi connectivity index (χ2v) is 5.33. The summed E-state index contributed by atoms with van der Waals surface area (Å²) in [7, 11) is 1.78. The van der Waals surface area contributed by atoms with E-state index in [9.17, 15) is 0 Å². The molecular formula is C14H19N5. The zero-order valence-electron chi connectivity index (χ0n) is 11.2. The van der Waals surface area contributed by atoms with Crippen molar-refractivity contribution in [3.8, 4) is 0 Å². The van der Waals surface area contributed by atoms with Crippen molar-refractivity contribution in [2.45, 2.75) is 31.7 Å². The molecule has 5 nitrogen and oxygen atoms in total. The summed E-state index contributed by atoms with van der Waals surface area (Å²) in [5, 5.41) is 12.1. The Morgan fingerprint density at radius 2 is 2.16 bits per heavy atom. The third kappa shape index (κ3) is 2.66. The number of rotatable bonds is 3. The van der Waals surface area contributed by atoms with Crippen LogP contribution in [0.25, 0.3) is 0 Å². The van der Waals surface area contributed by atoms with Crippen LogP contribution in [0.5, 0.6) is 0 Å². The molecule has 100 valence electrons. The number of benzene rings is 1. The van der Waals surface area contributed by atoms with E-state index in [0.717, 1.165) is 25.1 Å². The Morgan fingerprint density at radius 1 is 1.37 bits per heavy atom. The molecule has 1 heterocycles. The number of aromatic nitrogens is 4. The van der Waals surface area contributed by atoms with E-state index in [0.29, 0.717) is 12.3 Å². The number of nitrogens with two attached hydrogens (primary N) is 1. The van der Waals surface area contributed by atoms with E-state index < -0.39 is 0 Å². The Kier molecular flexibility index (Phi) is 3.29. The SMILES string of the molecule is Cn1nnc(CC(N)C2CCc3ccccc3C2)n1. The third-order valence-corrected chi connectivity index (χ3v) is 3.96. The quantitative estimate of drug-likeness (QED) is 0.886. The minimum absolute atomic E-state index is 0.109. The number of tetrazole rings is 1. The van der Waals surface area contributed by atoms with Crippen LogP contribution in [0, 0.1) is 5.92 Å². The van der Waals surface area contributed by atoms with E-state index in [2.05, 4.69) is 39.7 Å². The highest BCUT2D eigenvalue weighted by atomic mass is 15.6. The van der Waals surface area contributed by atoms with Crippen molar-refractivity contribution in [1.29, 1.82) is 0 Å². The van der Waals surface area contributed by atoms with Gasteiger partial charge in [-0.1, -0.05) is 24.3 Å². The van der Waals surface area contributed by atoms with E-state index >= 15 is 0 Å². The molecule has 2 atom stereocenters. The van der Waals surface area contributed by atoms with Crippen molar-refractivity contribution in [3.05, 3.63) is 41.2 Å². The molecule has 1 aliphatic carbocycles. The molecule has 3 rings (SSSR count). The fourth-order valence-corrected chi connectivity index (χ4v) is 2.87. The average Bonchev–Trinajstić information content (AvgIpc) is 2.83. The monoisotopic (exact) mass is 257 g/mol. The molecule has 2 unspecified atom stereocenters. The molecule has 1 aromatic carbocycles. The van der Waals surface area contributed by atoms with Crippen LogP contribution in [0.2, 0.25) is 0 Å². The van der Waals surface area contributed by atoms with Gasteiger partial charge in [0.15, 0.2) is 5.82 Å². The Balaban J connectivity index is 1.67. The molecule has 0 saturated carbocycles. The maximum atomic E-state index is 6.33. The van der Waals surface area contributed by atoms with E-state index in [1.54, 1.807) is 7.05 Å². The van der Waals surface area contributed by atoms with Crippen molar-refractivity contribution >= 4 is 0 Å². The molecule has 0 aliphatic heterocycles. The van der Waals surface area contributed by atoms with Gasteiger partial charge in [-0.3, -0.25) is 0 Å². The summed E-state index contributed by atoms with van der Waals surface area (Å²) >= 11 is 0. The molecule has 0 bridgehead atoms. The topological polar surface area (TPSA) is 69.6 Å². The molecule has 1 aliphatic rings. The van der Waals surface area contributed by atoms with E-state index in [1.807, 2.05) is 0 Å². The van der Waals surface area contributed by atoms with Gasteiger partial charge in [-0.15, -0.1) is 10.2 Å². The molecule has 0 saturated heterocycles. The van der Waals surface area contributed by atoms with Crippen molar-refractivity contribution in [2.24, 2.45) is 18.7 Å². The summed E-state index contributed by atoms with van der Waals surface area (Å²) in [6, 6.07) is 8.77. The second-order valence-electron chi connectivity index (χ2n) is 5.33. The molecule has 0 radical (unpaired) electrons. The molecule has 0 amide bonds. The molecule has 0 fully saturated rings. The van der Waals surface area contributed by atoms with Gasteiger partial charge in [-0.2, -0.15) is 4.80 Å². The van der Waals surface area contributed by atoms with E-state index in [1.165, 1.54) is 15.9 Å². The standard InChI is InChI=1S/C14H19N5/c1-19-17-14(16-18-19)9-13(15)12-7-6-10-4-2-3-5-11(10)8-12/h2-5,12-13H,6-9,15H2,1H3. The van der Waals surface area contributed by atoms with Crippen LogP contribution in [-0.2, 0) is 26.3 Å². The van der Waals surface area contributed by atoms with Crippen LogP contribution in [0.3, 0.4) is 0 Å². The molecule has 2 N–H and O–H groups in total. The molecule has 1 aromatic heterocycles. The first-order chi connectivity index (χ1) is 9.22. The molecule has 19 heavy (non-hydrogen) atoms. The van der Waals surface area contributed by atoms with Crippen molar-refractivity contribution < 1.29 is 0 Å². The maximum absolute atomic E-state index is 6.33. The Morgan fingerprint density at radius 3 is 2.89 bits per heavy atom. The van der Waals surface area contributed by atoms with E-state index in [-0.39, 0.29) is 6.04 Å². The first-order valence-corrected chi connectivity index (χ1v) is 6.77. The zero-order chi connectivity index (χ0) is 13.2. The molecule has 0 spiro atoms. The molecular weight excluding hydrogens is 238 g/mol. The summed E-state index contributed by atoms with van der Waals surface area (Å²) in [5.41, 5.74) is 9.25. The van der Waals surface area contributed by atoms with Crippen LogP contribution < -0.4 is 5.73 Å². The average molecular weight is 257 g/mol. The van der Waals surface area contributed by atoms with Gasteiger partial charge in [0, 0.05) is 12.5 Å².